The van der Waals surface area contributed by atoms with Crippen LogP contribution in [0.2, 0.25) is 0 Å². The summed E-state index contributed by atoms with van der Waals surface area (Å²) in [4.78, 5) is 2.56. The number of piperidine rings is 1. The van der Waals surface area contributed by atoms with Crippen LogP contribution in [0.1, 0.15) is 40.2 Å². The number of fused-ring (bicyclic) bond motifs is 1. The lowest BCUT2D eigenvalue weighted by Crippen LogP contribution is -2.50. The lowest BCUT2D eigenvalue weighted by atomic mass is 9.90. The van der Waals surface area contributed by atoms with Crippen molar-refractivity contribution in [3.8, 4) is 0 Å². The maximum atomic E-state index is 4.43. The van der Waals surface area contributed by atoms with E-state index in [1.165, 1.54) is 13.0 Å². The standard InChI is InChI=1S/C16H24N4/c1-12-9-10-19(16(2,3)4)11-15(12)20-14-8-6-5-7-13(14)17-18-20/h5-8,12,15H,9-11H2,1-4H3/t12-,15?/m1/s1. The smallest absolute Gasteiger partial charge is 0.113 e. The average Bonchev–Trinajstić information content (AvgIpc) is 2.82. The maximum absolute atomic E-state index is 4.43. The molecule has 1 aliphatic rings. The highest BCUT2D eigenvalue weighted by Crippen LogP contribution is 2.32. The molecule has 4 nitrogen and oxygen atoms in total. The Morgan fingerprint density at radius 3 is 2.70 bits per heavy atom. The molecule has 0 bridgehead atoms. The summed E-state index contributed by atoms with van der Waals surface area (Å²) < 4.78 is 2.14. The zero-order valence-corrected chi connectivity index (χ0v) is 12.9. The van der Waals surface area contributed by atoms with Crippen LogP contribution in [-0.4, -0.2) is 38.5 Å². The molecular formula is C16H24N4. The van der Waals surface area contributed by atoms with Crippen molar-refractivity contribution in [2.45, 2.75) is 45.7 Å². The van der Waals surface area contributed by atoms with Crippen molar-refractivity contribution < 1.29 is 0 Å². The van der Waals surface area contributed by atoms with Crippen molar-refractivity contribution in [2.24, 2.45) is 5.92 Å². The van der Waals surface area contributed by atoms with Gasteiger partial charge in [-0.15, -0.1) is 5.10 Å². The molecule has 1 saturated heterocycles. The first-order valence-electron chi connectivity index (χ1n) is 7.52. The second kappa shape index (κ2) is 4.85. The Morgan fingerprint density at radius 1 is 1.20 bits per heavy atom. The molecule has 0 aliphatic carbocycles. The van der Waals surface area contributed by atoms with E-state index in [0.717, 1.165) is 17.6 Å². The summed E-state index contributed by atoms with van der Waals surface area (Å²) in [5.41, 5.74) is 2.36. The summed E-state index contributed by atoms with van der Waals surface area (Å²) in [7, 11) is 0. The fraction of sp³-hybridized carbons (Fsp3) is 0.625. The molecule has 2 heterocycles. The van der Waals surface area contributed by atoms with E-state index in [1.54, 1.807) is 0 Å². The predicted octanol–water partition coefficient (Wildman–Crippen LogP) is 3.11. The SMILES string of the molecule is C[C@@H]1CCN(C(C)(C)C)CC1n1nnc2ccccc21. The predicted molar refractivity (Wildman–Crippen MR) is 81.7 cm³/mol. The van der Waals surface area contributed by atoms with Crippen molar-refractivity contribution in [3.05, 3.63) is 24.3 Å². The van der Waals surface area contributed by atoms with Gasteiger partial charge in [0.2, 0.25) is 0 Å². The number of nitrogens with zero attached hydrogens (tertiary/aromatic N) is 4. The van der Waals surface area contributed by atoms with Crippen LogP contribution in [0.25, 0.3) is 11.0 Å². The van der Waals surface area contributed by atoms with Crippen LogP contribution in [0.4, 0.5) is 0 Å². The van der Waals surface area contributed by atoms with Gasteiger partial charge in [-0.3, -0.25) is 4.90 Å². The molecule has 20 heavy (non-hydrogen) atoms. The summed E-state index contributed by atoms with van der Waals surface area (Å²) >= 11 is 0. The number of para-hydroxylation sites is 1. The molecule has 1 aliphatic heterocycles. The van der Waals surface area contributed by atoms with Crippen LogP contribution in [-0.2, 0) is 0 Å². The van der Waals surface area contributed by atoms with Gasteiger partial charge in [0.25, 0.3) is 0 Å². The summed E-state index contributed by atoms with van der Waals surface area (Å²) in [6.07, 6.45) is 1.22. The Balaban J connectivity index is 1.95. The van der Waals surface area contributed by atoms with Crippen molar-refractivity contribution in [1.82, 2.24) is 19.9 Å². The van der Waals surface area contributed by atoms with Gasteiger partial charge >= 0.3 is 0 Å². The Kier molecular flexibility index (Phi) is 3.28. The van der Waals surface area contributed by atoms with Crippen LogP contribution in [0.15, 0.2) is 24.3 Å². The fourth-order valence-electron chi connectivity index (χ4n) is 3.11. The van der Waals surface area contributed by atoms with Crippen molar-refractivity contribution in [2.75, 3.05) is 13.1 Å². The number of hydrogen-bond acceptors (Lipinski definition) is 3. The van der Waals surface area contributed by atoms with Crippen LogP contribution < -0.4 is 0 Å². The first-order valence-corrected chi connectivity index (χ1v) is 7.52. The van der Waals surface area contributed by atoms with Gasteiger partial charge in [-0.25, -0.2) is 4.68 Å². The zero-order chi connectivity index (χ0) is 14.3. The lowest BCUT2D eigenvalue weighted by Gasteiger charge is -2.44. The molecule has 1 unspecified atom stereocenters. The Labute approximate surface area is 120 Å². The third-order valence-electron chi connectivity index (χ3n) is 4.56. The van der Waals surface area contributed by atoms with Gasteiger partial charge in [0.05, 0.1) is 11.6 Å². The molecule has 0 spiro atoms. The third-order valence-corrected chi connectivity index (χ3v) is 4.56. The molecule has 0 saturated carbocycles. The van der Waals surface area contributed by atoms with Crippen molar-refractivity contribution in [3.63, 3.8) is 0 Å². The summed E-state index contributed by atoms with van der Waals surface area (Å²) in [6.45, 7) is 11.4. The minimum Gasteiger partial charge on any atom is -0.296 e. The minimum atomic E-state index is 0.217. The topological polar surface area (TPSA) is 34.0 Å². The molecule has 0 N–H and O–H groups in total. The molecule has 0 radical (unpaired) electrons. The summed E-state index contributed by atoms with van der Waals surface area (Å²) in [6, 6.07) is 8.66. The van der Waals surface area contributed by atoms with Crippen molar-refractivity contribution >= 4 is 11.0 Å². The zero-order valence-electron chi connectivity index (χ0n) is 12.9. The highest BCUT2D eigenvalue weighted by atomic mass is 15.4. The first kappa shape index (κ1) is 13.6. The molecule has 2 atom stereocenters. The van der Waals surface area contributed by atoms with Crippen LogP contribution >= 0.6 is 0 Å². The monoisotopic (exact) mass is 272 g/mol. The van der Waals surface area contributed by atoms with Gasteiger partial charge < -0.3 is 0 Å². The maximum Gasteiger partial charge on any atom is 0.113 e. The van der Waals surface area contributed by atoms with Gasteiger partial charge in [-0.2, -0.15) is 0 Å². The van der Waals surface area contributed by atoms with Gasteiger partial charge in [-0.1, -0.05) is 24.3 Å². The Morgan fingerprint density at radius 2 is 1.95 bits per heavy atom. The number of hydrogen-bond donors (Lipinski definition) is 0. The van der Waals surface area contributed by atoms with Gasteiger partial charge in [0, 0.05) is 12.1 Å². The van der Waals surface area contributed by atoms with Crippen LogP contribution in [0.3, 0.4) is 0 Å². The average molecular weight is 272 g/mol. The molecule has 1 fully saturated rings. The fourth-order valence-corrected chi connectivity index (χ4v) is 3.11. The molecule has 0 amide bonds. The molecule has 108 valence electrons. The quantitative estimate of drug-likeness (QED) is 0.800. The summed E-state index contributed by atoms with van der Waals surface area (Å²) in [5.74, 6) is 0.638. The van der Waals surface area contributed by atoms with Gasteiger partial charge in [0.15, 0.2) is 0 Å². The minimum absolute atomic E-state index is 0.217. The van der Waals surface area contributed by atoms with E-state index in [4.69, 9.17) is 0 Å². The van der Waals surface area contributed by atoms with E-state index in [-0.39, 0.29) is 5.54 Å². The Hall–Kier alpha value is -1.42. The molecular weight excluding hydrogens is 248 g/mol. The van der Waals surface area contributed by atoms with E-state index >= 15 is 0 Å². The van der Waals surface area contributed by atoms with E-state index in [2.05, 4.69) is 59.7 Å². The second-order valence-electron chi connectivity index (χ2n) is 6.97. The summed E-state index contributed by atoms with van der Waals surface area (Å²) in [5, 5.41) is 8.74. The van der Waals surface area contributed by atoms with E-state index < -0.39 is 0 Å². The molecule has 2 aromatic rings. The molecule has 3 rings (SSSR count). The van der Waals surface area contributed by atoms with Crippen LogP contribution in [0, 0.1) is 5.92 Å². The van der Waals surface area contributed by atoms with Crippen LogP contribution in [0.5, 0.6) is 0 Å². The molecule has 1 aromatic heterocycles. The molecule has 4 heteroatoms. The second-order valence-corrected chi connectivity index (χ2v) is 6.97. The highest BCUT2D eigenvalue weighted by Gasteiger charge is 2.33. The van der Waals surface area contributed by atoms with E-state index in [1.807, 2.05) is 12.1 Å². The van der Waals surface area contributed by atoms with E-state index in [9.17, 15) is 0 Å². The van der Waals surface area contributed by atoms with Gasteiger partial charge in [-0.05, 0) is 51.8 Å². The normalized spacial score (nSPS) is 25.2. The third kappa shape index (κ3) is 2.33. The number of rotatable bonds is 1. The Bertz CT molecular complexity index is 596. The number of aromatic nitrogens is 3. The highest BCUT2D eigenvalue weighted by molar-refractivity contribution is 5.74. The van der Waals surface area contributed by atoms with Crippen molar-refractivity contribution in [1.29, 1.82) is 0 Å². The molecule has 1 aromatic carbocycles. The lowest BCUT2D eigenvalue weighted by molar-refractivity contribution is 0.0528. The van der Waals surface area contributed by atoms with E-state index in [0.29, 0.717) is 12.0 Å². The first-order chi connectivity index (χ1) is 9.47. The number of likely N-dealkylation sites (tertiary alicyclic amines) is 1. The largest absolute Gasteiger partial charge is 0.296 e. The number of benzene rings is 1. The van der Waals surface area contributed by atoms with Gasteiger partial charge in [0.1, 0.15) is 5.52 Å².